The number of rotatable bonds is 3. The molecule has 22 heavy (non-hydrogen) atoms. The van der Waals surface area contributed by atoms with Crippen LogP contribution in [-0.2, 0) is 5.41 Å². The van der Waals surface area contributed by atoms with E-state index in [4.69, 9.17) is 4.74 Å². The molecular weight excluding hydrogens is 274 g/mol. The first kappa shape index (κ1) is 16.1. The van der Waals surface area contributed by atoms with Crippen molar-refractivity contribution in [3.8, 4) is 5.75 Å². The first-order valence-corrected chi connectivity index (χ1v) is 7.38. The van der Waals surface area contributed by atoms with E-state index < -0.39 is 0 Å². The van der Waals surface area contributed by atoms with Crippen LogP contribution in [0.3, 0.4) is 0 Å². The number of hydrogen-bond acceptors (Lipinski definition) is 2. The Morgan fingerprint density at radius 3 is 2.41 bits per heavy atom. The predicted octanol–water partition coefficient (Wildman–Crippen LogP) is 4.55. The van der Waals surface area contributed by atoms with Gasteiger partial charge in [-0.3, -0.25) is 4.79 Å². The van der Waals surface area contributed by atoms with Crippen molar-refractivity contribution in [3.63, 3.8) is 0 Å². The van der Waals surface area contributed by atoms with Gasteiger partial charge in [-0.1, -0.05) is 32.9 Å². The van der Waals surface area contributed by atoms with Gasteiger partial charge < -0.3 is 10.1 Å². The van der Waals surface area contributed by atoms with Gasteiger partial charge in [0.25, 0.3) is 5.91 Å². The Morgan fingerprint density at radius 2 is 1.82 bits per heavy atom. The molecule has 0 aliphatic heterocycles. The fourth-order valence-electron chi connectivity index (χ4n) is 2.36. The lowest BCUT2D eigenvalue weighted by molar-refractivity contribution is 0.102. The summed E-state index contributed by atoms with van der Waals surface area (Å²) in [6.45, 7) is 8.31. The van der Waals surface area contributed by atoms with Crippen molar-refractivity contribution in [1.29, 1.82) is 0 Å². The first-order valence-electron chi connectivity index (χ1n) is 7.38. The van der Waals surface area contributed by atoms with Crippen molar-refractivity contribution in [3.05, 3.63) is 59.2 Å². The van der Waals surface area contributed by atoms with Gasteiger partial charge >= 0.3 is 0 Å². The zero-order chi connectivity index (χ0) is 16.3. The fourth-order valence-corrected chi connectivity index (χ4v) is 2.36. The molecule has 0 aromatic heterocycles. The lowest BCUT2D eigenvalue weighted by atomic mass is 9.85. The van der Waals surface area contributed by atoms with E-state index in [1.165, 1.54) is 0 Å². The van der Waals surface area contributed by atoms with Gasteiger partial charge in [-0.2, -0.15) is 0 Å². The molecule has 0 heterocycles. The lowest BCUT2D eigenvalue weighted by Gasteiger charge is -2.22. The number of nitrogens with one attached hydrogen (secondary N) is 1. The molecule has 116 valence electrons. The second-order valence-electron chi connectivity index (χ2n) is 6.49. The minimum absolute atomic E-state index is 0.0923. The highest BCUT2D eigenvalue weighted by molar-refractivity contribution is 6.04. The molecular formula is C19H23NO2. The van der Waals surface area contributed by atoms with Crippen LogP contribution in [0.15, 0.2) is 42.5 Å². The number of hydrogen-bond donors (Lipinski definition) is 1. The molecule has 0 spiro atoms. The summed E-state index contributed by atoms with van der Waals surface area (Å²) in [7, 11) is 1.65. The highest BCUT2D eigenvalue weighted by Crippen LogP contribution is 2.32. The molecule has 0 fully saturated rings. The van der Waals surface area contributed by atoms with Crippen LogP contribution in [0.1, 0.15) is 42.3 Å². The Labute approximate surface area is 132 Å². The van der Waals surface area contributed by atoms with Crippen LogP contribution in [0, 0.1) is 6.92 Å². The number of amides is 1. The van der Waals surface area contributed by atoms with E-state index in [0.29, 0.717) is 5.56 Å². The third kappa shape index (κ3) is 3.67. The minimum atomic E-state index is -0.112. The molecule has 0 aliphatic carbocycles. The minimum Gasteiger partial charge on any atom is -0.496 e. The van der Waals surface area contributed by atoms with Crippen molar-refractivity contribution in [2.45, 2.75) is 33.1 Å². The summed E-state index contributed by atoms with van der Waals surface area (Å²) >= 11 is 0. The van der Waals surface area contributed by atoms with Crippen LogP contribution in [-0.4, -0.2) is 13.0 Å². The van der Waals surface area contributed by atoms with E-state index in [2.05, 4.69) is 26.1 Å². The molecule has 0 saturated heterocycles. The summed E-state index contributed by atoms with van der Waals surface area (Å²) in [5, 5.41) is 2.94. The van der Waals surface area contributed by atoms with Crippen LogP contribution < -0.4 is 10.1 Å². The average molecular weight is 297 g/mol. The van der Waals surface area contributed by atoms with Crippen molar-refractivity contribution in [2.75, 3.05) is 12.4 Å². The molecule has 0 bridgehead atoms. The molecule has 0 radical (unpaired) electrons. The molecule has 1 amide bonds. The SMILES string of the molecule is COc1ccc(C(=O)Nc2cccc(C)c2)cc1C(C)(C)C. The van der Waals surface area contributed by atoms with Gasteiger partial charge in [0.1, 0.15) is 5.75 Å². The highest BCUT2D eigenvalue weighted by Gasteiger charge is 2.20. The molecule has 2 rings (SSSR count). The van der Waals surface area contributed by atoms with Gasteiger partial charge in [0.15, 0.2) is 0 Å². The Bertz CT molecular complexity index is 684. The molecule has 1 N–H and O–H groups in total. The first-order chi connectivity index (χ1) is 10.3. The fraction of sp³-hybridized carbons (Fsp3) is 0.316. The summed E-state index contributed by atoms with van der Waals surface area (Å²) in [5.41, 5.74) is 3.48. The average Bonchev–Trinajstić information content (AvgIpc) is 2.45. The van der Waals surface area contributed by atoms with E-state index >= 15 is 0 Å². The zero-order valence-corrected chi connectivity index (χ0v) is 13.9. The van der Waals surface area contributed by atoms with Gasteiger partial charge in [-0.15, -0.1) is 0 Å². The van der Waals surface area contributed by atoms with E-state index in [1.54, 1.807) is 13.2 Å². The zero-order valence-electron chi connectivity index (χ0n) is 13.9. The number of carbonyl (C=O) groups is 1. The Hall–Kier alpha value is -2.29. The number of ether oxygens (including phenoxy) is 1. The number of aryl methyl sites for hydroxylation is 1. The number of methoxy groups -OCH3 is 1. The Kier molecular flexibility index (Phi) is 4.55. The monoisotopic (exact) mass is 297 g/mol. The van der Waals surface area contributed by atoms with Crippen molar-refractivity contribution in [2.24, 2.45) is 0 Å². The van der Waals surface area contributed by atoms with Crippen LogP contribution in [0.2, 0.25) is 0 Å². The van der Waals surface area contributed by atoms with E-state index in [9.17, 15) is 4.79 Å². The van der Waals surface area contributed by atoms with Crippen molar-refractivity contribution >= 4 is 11.6 Å². The second kappa shape index (κ2) is 6.22. The van der Waals surface area contributed by atoms with E-state index in [0.717, 1.165) is 22.6 Å². The van der Waals surface area contributed by atoms with E-state index in [1.807, 2.05) is 43.3 Å². The molecule has 0 aliphatic rings. The van der Waals surface area contributed by atoms with Crippen LogP contribution in [0.5, 0.6) is 5.75 Å². The van der Waals surface area contributed by atoms with Gasteiger partial charge in [0, 0.05) is 16.8 Å². The summed E-state index contributed by atoms with van der Waals surface area (Å²) in [6.07, 6.45) is 0. The largest absolute Gasteiger partial charge is 0.496 e. The third-order valence-electron chi connectivity index (χ3n) is 3.55. The Balaban J connectivity index is 2.30. The highest BCUT2D eigenvalue weighted by atomic mass is 16.5. The molecule has 0 saturated carbocycles. The van der Waals surface area contributed by atoms with Crippen LogP contribution in [0.25, 0.3) is 0 Å². The summed E-state index contributed by atoms with van der Waals surface area (Å²) < 4.78 is 5.41. The second-order valence-corrected chi connectivity index (χ2v) is 6.49. The predicted molar refractivity (Wildman–Crippen MR) is 90.8 cm³/mol. The molecule has 0 atom stereocenters. The summed E-state index contributed by atoms with van der Waals surface area (Å²) in [4.78, 5) is 12.5. The maximum Gasteiger partial charge on any atom is 0.255 e. The maximum atomic E-state index is 12.5. The maximum absolute atomic E-state index is 12.5. The molecule has 2 aromatic rings. The standard InChI is InChI=1S/C19H23NO2/c1-13-7-6-8-15(11-13)20-18(21)14-9-10-17(22-5)16(12-14)19(2,3)4/h6-12H,1-5H3,(H,20,21). The number of benzene rings is 2. The normalized spacial score (nSPS) is 11.1. The summed E-state index contributed by atoms with van der Waals surface area (Å²) in [5.74, 6) is 0.693. The van der Waals surface area contributed by atoms with Gasteiger partial charge in [0.2, 0.25) is 0 Å². The van der Waals surface area contributed by atoms with Gasteiger partial charge in [-0.25, -0.2) is 0 Å². The van der Waals surface area contributed by atoms with Crippen molar-refractivity contribution < 1.29 is 9.53 Å². The summed E-state index contributed by atoms with van der Waals surface area (Å²) in [6, 6.07) is 13.3. The van der Waals surface area contributed by atoms with Crippen LogP contribution >= 0.6 is 0 Å². The van der Waals surface area contributed by atoms with Crippen molar-refractivity contribution in [1.82, 2.24) is 0 Å². The smallest absolute Gasteiger partial charge is 0.255 e. The van der Waals surface area contributed by atoms with Gasteiger partial charge in [0.05, 0.1) is 7.11 Å². The number of anilines is 1. The lowest BCUT2D eigenvalue weighted by Crippen LogP contribution is -2.17. The molecule has 3 nitrogen and oxygen atoms in total. The van der Waals surface area contributed by atoms with Gasteiger partial charge in [-0.05, 0) is 48.2 Å². The quantitative estimate of drug-likeness (QED) is 0.902. The van der Waals surface area contributed by atoms with Crippen LogP contribution in [0.4, 0.5) is 5.69 Å². The topological polar surface area (TPSA) is 38.3 Å². The Morgan fingerprint density at radius 1 is 1.09 bits per heavy atom. The van der Waals surface area contributed by atoms with E-state index in [-0.39, 0.29) is 11.3 Å². The molecule has 0 unspecified atom stereocenters. The molecule has 3 heteroatoms. The number of carbonyl (C=O) groups excluding carboxylic acids is 1. The third-order valence-corrected chi connectivity index (χ3v) is 3.55. The molecule has 2 aromatic carbocycles.